The van der Waals surface area contributed by atoms with Gasteiger partial charge in [-0.15, -0.1) is 0 Å². The second-order valence-electron chi connectivity index (χ2n) is 9.16. The third-order valence-corrected chi connectivity index (χ3v) is 6.71. The summed E-state index contributed by atoms with van der Waals surface area (Å²) in [5, 5.41) is 6.41. The minimum atomic E-state index is -0.0864. The molecule has 33 heavy (non-hydrogen) atoms. The van der Waals surface area contributed by atoms with Crippen molar-refractivity contribution >= 4 is 21.8 Å². The first-order valence-corrected chi connectivity index (χ1v) is 11.6. The van der Waals surface area contributed by atoms with Gasteiger partial charge in [-0.25, -0.2) is 0 Å². The molecule has 166 valence electrons. The van der Waals surface area contributed by atoms with Crippen LogP contribution in [0.1, 0.15) is 24.8 Å². The Labute approximate surface area is 191 Å². The lowest BCUT2D eigenvalue weighted by Gasteiger charge is -2.26. The molecule has 4 heterocycles. The summed E-state index contributed by atoms with van der Waals surface area (Å²) in [6.45, 7) is 3.36. The van der Waals surface area contributed by atoms with Gasteiger partial charge in [0.1, 0.15) is 0 Å². The summed E-state index contributed by atoms with van der Waals surface area (Å²) in [4.78, 5) is 21.9. The number of aryl methyl sites for hydroxylation is 1. The Kier molecular flexibility index (Phi) is 4.88. The first kappa shape index (κ1) is 20.0. The third kappa shape index (κ3) is 3.87. The Morgan fingerprint density at radius 1 is 0.879 bits per heavy atom. The second-order valence-corrected chi connectivity index (χ2v) is 9.16. The highest BCUT2D eigenvalue weighted by atomic mass is 16.1. The number of aromatic nitrogens is 4. The van der Waals surface area contributed by atoms with Crippen LogP contribution in [0.3, 0.4) is 0 Å². The predicted molar refractivity (Wildman–Crippen MR) is 133 cm³/mol. The molecule has 5 aromatic rings. The Morgan fingerprint density at radius 3 is 2.48 bits per heavy atom. The fourth-order valence-electron chi connectivity index (χ4n) is 4.96. The Balaban J connectivity index is 1.36. The molecule has 1 aliphatic rings. The number of nitrogens with zero attached hydrogens (tertiary/aromatic N) is 3. The van der Waals surface area contributed by atoms with Crippen LogP contribution in [0.5, 0.6) is 0 Å². The van der Waals surface area contributed by atoms with Gasteiger partial charge < -0.3 is 9.97 Å². The highest BCUT2D eigenvalue weighted by molar-refractivity contribution is 5.90. The third-order valence-electron chi connectivity index (χ3n) is 6.71. The van der Waals surface area contributed by atoms with Crippen molar-refractivity contribution in [3.05, 3.63) is 76.8 Å². The average Bonchev–Trinajstić information content (AvgIpc) is 3.45. The average molecular weight is 438 g/mol. The maximum Gasteiger partial charge on any atom is 0.257 e. The van der Waals surface area contributed by atoms with Crippen molar-refractivity contribution in [2.24, 2.45) is 7.05 Å². The number of benzene rings is 2. The lowest BCUT2D eigenvalue weighted by Crippen LogP contribution is -2.28. The van der Waals surface area contributed by atoms with Crippen molar-refractivity contribution < 1.29 is 0 Å². The van der Waals surface area contributed by atoms with Crippen LogP contribution in [0.4, 0.5) is 0 Å². The van der Waals surface area contributed by atoms with Gasteiger partial charge in [-0.3, -0.25) is 14.4 Å². The van der Waals surface area contributed by atoms with Gasteiger partial charge in [0.15, 0.2) is 0 Å². The van der Waals surface area contributed by atoms with Crippen molar-refractivity contribution in [3.8, 4) is 22.4 Å². The van der Waals surface area contributed by atoms with Crippen LogP contribution in [0.2, 0.25) is 0 Å². The van der Waals surface area contributed by atoms with Gasteiger partial charge in [-0.05, 0) is 78.8 Å². The molecular weight excluding hydrogens is 410 g/mol. The molecule has 1 fully saturated rings. The first-order chi connectivity index (χ1) is 16.1. The molecule has 0 aliphatic carbocycles. The number of pyridine rings is 1. The van der Waals surface area contributed by atoms with Crippen LogP contribution in [0.15, 0.2) is 65.7 Å². The van der Waals surface area contributed by atoms with Crippen molar-refractivity contribution in [1.29, 1.82) is 0 Å². The van der Waals surface area contributed by atoms with E-state index in [1.807, 2.05) is 37.6 Å². The van der Waals surface area contributed by atoms with Crippen molar-refractivity contribution in [3.63, 3.8) is 0 Å². The first-order valence-electron chi connectivity index (χ1n) is 11.6. The Morgan fingerprint density at radius 2 is 1.67 bits per heavy atom. The zero-order valence-electron chi connectivity index (χ0n) is 18.8. The largest absolute Gasteiger partial charge is 0.354 e. The van der Waals surface area contributed by atoms with Crippen molar-refractivity contribution in [1.82, 2.24) is 24.6 Å². The molecule has 0 spiro atoms. The minimum absolute atomic E-state index is 0.0864. The summed E-state index contributed by atoms with van der Waals surface area (Å²) < 4.78 is 1.79. The van der Waals surface area contributed by atoms with Gasteiger partial charge in [0.2, 0.25) is 0 Å². The van der Waals surface area contributed by atoms with E-state index in [0.29, 0.717) is 5.56 Å². The Bertz CT molecular complexity index is 1520. The van der Waals surface area contributed by atoms with Crippen LogP contribution in [0.25, 0.3) is 44.2 Å². The van der Waals surface area contributed by atoms with E-state index in [4.69, 9.17) is 0 Å². The van der Waals surface area contributed by atoms with Crippen molar-refractivity contribution in [2.45, 2.75) is 25.8 Å². The number of piperidine rings is 1. The molecule has 0 saturated carbocycles. The zero-order chi connectivity index (χ0) is 22.4. The van der Waals surface area contributed by atoms with E-state index >= 15 is 0 Å². The summed E-state index contributed by atoms with van der Waals surface area (Å²) in [5.74, 6) is 0. The van der Waals surface area contributed by atoms with Gasteiger partial charge in [0.05, 0.1) is 17.5 Å². The monoisotopic (exact) mass is 437 g/mol. The van der Waals surface area contributed by atoms with Gasteiger partial charge in [0, 0.05) is 41.8 Å². The van der Waals surface area contributed by atoms with E-state index in [1.54, 1.807) is 4.68 Å². The maximum absolute atomic E-state index is 12.9. The van der Waals surface area contributed by atoms with Crippen molar-refractivity contribution in [2.75, 3.05) is 13.1 Å². The highest BCUT2D eigenvalue weighted by Crippen LogP contribution is 2.28. The van der Waals surface area contributed by atoms with Crippen LogP contribution >= 0.6 is 0 Å². The van der Waals surface area contributed by atoms with Crippen LogP contribution < -0.4 is 5.56 Å². The molecule has 1 aliphatic heterocycles. The number of hydrogen-bond donors (Lipinski definition) is 2. The molecule has 6 rings (SSSR count). The van der Waals surface area contributed by atoms with Crippen LogP contribution in [-0.2, 0) is 13.6 Å². The molecule has 0 atom stereocenters. The van der Waals surface area contributed by atoms with E-state index < -0.39 is 0 Å². The van der Waals surface area contributed by atoms with Gasteiger partial charge in [-0.2, -0.15) is 5.10 Å². The molecule has 0 amide bonds. The molecule has 2 aromatic carbocycles. The van der Waals surface area contributed by atoms with E-state index in [-0.39, 0.29) is 5.56 Å². The quantitative estimate of drug-likeness (QED) is 0.413. The van der Waals surface area contributed by atoms with Gasteiger partial charge in [0.25, 0.3) is 5.56 Å². The fraction of sp³-hybridized carbons (Fsp3) is 0.259. The number of likely N-dealkylation sites (tertiary alicyclic amines) is 1. The van der Waals surface area contributed by atoms with Crippen LogP contribution in [-0.4, -0.2) is 37.7 Å². The molecule has 0 radical (unpaired) electrons. The summed E-state index contributed by atoms with van der Waals surface area (Å²) in [6, 6.07) is 16.7. The van der Waals surface area contributed by atoms with Crippen LogP contribution in [0, 0.1) is 0 Å². The summed E-state index contributed by atoms with van der Waals surface area (Å²) in [5.41, 5.74) is 6.74. The van der Waals surface area contributed by atoms with E-state index in [9.17, 15) is 4.79 Å². The SMILES string of the molecule is Cn1cc(-c2ccc3[nH]c(=O)c(-c4cc5cc(CN6CCCCC6)ccc5[nH]4)cc3c2)cn1. The number of fused-ring (bicyclic) bond motifs is 2. The molecule has 3 aromatic heterocycles. The number of rotatable bonds is 4. The normalized spacial score (nSPS) is 14.9. The molecule has 0 unspecified atom stereocenters. The molecule has 6 heteroatoms. The van der Waals surface area contributed by atoms with E-state index in [1.165, 1.54) is 37.9 Å². The van der Waals surface area contributed by atoms with Gasteiger partial charge in [-0.1, -0.05) is 18.6 Å². The number of H-pyrrole nitrogens is 2. The number of nitrogens with one attached hydrogen (secondary N) is 2. The summed E-state index contributed by atoms with van der Waals surface area (Å²) >= 11 is 0. The maximum atomic E-state index is 12.9. The van der Waals surface area contributed by atoms with E-state index in [0.717, 1.165) is 45.2 Å². The fourth-order valence-corrected chi connectivity index (χ4v) is 4.96. The summed E-state index contributed by atoms with van der Waals surface area (Å²) in [7, 11) is 1.91. The second kappa shape index (κ2) is 8.05. The predicted octanol–water partition coefficient (Wildman–Crippen LogP) is 5.06. The molecule has 2 N–H and O–H groups in total. The highest BCUT2D eigenvalue weighted by Gasteiger charge is 2.13. The standard InChI is InChI=1S/C27H27N5O/c1-31-17-22(15-28-31)19-6-8-25-21(12-19)13-23(27(33)30-25)26-14-20-11-18(5-7-24(20)29-26)16-32-9-3-2-4-10-32/h5-8,11-15,17,29H,2-4,9-10,16H2,1H3,(H,30,33). The molecule has 6 nitrogen and oxygen atoms in total. The lowest BCUT2D eigenvalue weighted by atomic mass is 10.0. The van der Waals surface area contributed by atoms with Gasteiger partial charge >= 0.3 is 0 Å². The topological polar surface area (TPSA) is 69.7 Å². The Hall–Kier alpha value is -3.64. The number of hydrogen-bond acceptors (Lipinski definition) is 3. The molecule has 1 saturated heterocycles. The number of aromatic amines is 2. The minimum Gasteiger partial charge on any atom is -0.354 e. The van der Waals surface area contributed by atoms with E-state index in [2.05, 4.69) is 50.3 Å². The summed E-state index contributed by atoms with van der Waals surface area (Å²) in [6.07, 6.45) is 7.79. The molecule has 0 bridgehead atoms. The molecular formula is C27H27N5O. The lowest BCUT2D eigenvalue weighted by molar-refractivity contribution is 0.221. The zero-order valence-corrected chi connectivity index (χ0v) is 18.8. The smallest absolute Gasteiger partial charge is 0.257 e.